The van der Waals surface area contributed by atoms with E-state index in [1.807, 2.05) is 6.92 Å². The van der Waals surface area contributed by atoms with Crippen LogP contribution in [0.15, 0.2) is 0 Å². The summed E-state index contributed by atoms with van der Waals surface area (Å²) in [7, 11) is -2.94. The summed E-state index contributed by atoms with van der Waals surface area (Å²) in [6, 6.07) is -0.206. The Morgan fingerprint density at radius 3 is 2.00 bits per heavy atom. The second-order valence-electron chi connectivity index (χ2n) is 2.23. The molecule has 0 fully saturated rings. The van der Waals surface area contributed by atoms with Crippen molar-refractivity contribution in [3.63, 3.8) is 0 Å². The molecule has 0 aliphatic rings. The molecular formula is C5H12LiNO3S. The van der Waals surface area contributed by atoms with Crippen molar-refractivity contribution in [1.29, 1.82) is 0 Å². The summed E-state index contributed by atoms with van der Waals surface area (Å²) in [6.45, 7) is 3.52. The van der Waals surface area contributed by atoms with Crippen molar-refractivity contribution in [3.8, 4) is 0 Å². The Balaban J connectivity index is 0. The average Bonchev–Trinajstić information content (AvgIpc) is 1.83. The van der Waals surface area contributed by atoms with Gasteiger partial charge in [0.15, 0.2) is 10.3 Å². The zero-order valence-corrected chi connectivity index (χ0v) is 8.18. The normalized spacial score (nSPS) is 14.3. The predicted molar refractivity (Wildman–Crippen MR) is 37.2 cm³/mol. The van der Waals surface area contributed by atoms with E-state index < -0.39 is 10.3 Å². The summed E-state index contributed by atoms with van der Waals surface area (Å²) in [5.74, 6) is 0. The molecule has 1 atom stereocenters. The quantitative estimate of drug-likeness (QED) is 0.341. The molecule has 0 heterocycles. The molecule has 11 heavy (non-hydrogen) atoms. The van der Waals surface area contributed by atoms with E-state index in [9.17, 15) is 13.0 Å². The Morgan fingerprint density at radius 1 is 1.55 bits per heavy atom. The maximum atomic E-state index is 10.3. The van der Waals surface area contributed by atoms with E-state index in [0.717, 1.165) is 4.31 Å². The van der Waals surface area contributed by atoms with E-state index in [-0.39, 0.29) is 24.9 Å². The Kier molecular flexibility index (Phi) is 6.59. The van der Waals surface area contributed by atoms with Gasteiger partial charge in [-0.2, -0.15) is 0 Å². The smallest absolute Gasteiger partial charge is 0.735 e. The van der Waals surface area contributed by atoms with Crippen LogP contribution in [0.4, 0.5) is 0 Å². The monoisotopic (exact) mass is 173 g/mol. The first-order valence-corrected chi connectivity index (χ1v) is 4.45. The third-order valence-corrected chi connectivity index (χ3v) is 2.63. The Hall–Kier alpha value is 0.467. The standard InChI is InChI=1S/C5H13NO3S.Li/c1-4-5(2)6(3)10(7,8)9;/h5H,4H2,1-3H3,(H,7,8,9);/q;+1/p-1. The summed E-state index contributed by atoms with van der Waals surface area (Å²) >= 11 is 0. The van der Waals surface area contributed by atoms with E-state index in [1.165, 1.54) is 7.05 Å². The van der Waals surface area contributed by atoms with E-state index in [0.29, 0.717) is 6.42 Å². The molecule has 0 saturated carbocycles. The molecule has 1 unspecified atom stereocenters. The van der Waals surface area contributed by atoms with Crippen LogP contribution in [0.1, 0.15) is 20.3 Å². The van der Waals surface area contributed by atoms with E-state index >= 15 is 0 Å². The molecule has 0 aromatic heterocycles. The van der Waals surface area contributed by atoms with Gasteiger partial charge in [0, 0.05) is 13.1 Å². The second-order valence-corrected chi connectivity index (χ2v) is 3.66. The van der Waals surface area contributed by atoms with Gasteiger partial charge in [-0.05, 0) is 13.3 Å². The van der Waals surface area contributed by atoms with Crippen molar-refractivity contribution in [2.24, 2.45) is 0 Å². The maximum Gasteiger partial charge on any atom is 1.00 e. The van der Waals surface area contributed by atoms with Crippen molar-refractivity contribution < 1.29 is 31.8 Å². The third kappa shape index (κ3) is 4.83. The zero-order valence-electron chi connectivity index (χ0n) is 7.36. The molecule has 0 saturated heterocycles. The molecule has 0 aromatic rings. The van der Waals surface area contributed by atoms with Crippen LogP contribution in [0, 0.1) is 0 Å². The van der Waals surface area contributed by atoms with Crippen LogP contribution in [0.2, 0.25) is 0 Å². The molecule has 0 aromatic carbocycles. The first-order chi connectivity index (χ1) is 4.39. The van der Waals surface area contributed by atoms with Crippen molar-refractivity contribution >= 4 is 10.3 Å². The van der Waals surface area contributed by atoms with Gasteiger partial charge in [-0.1, -0.05) is 6.92 Å². The van der Waals surface area contributed by atoms with Gasteiger partial charge in [0.05, 0.1) is 0 Å². The van der Waals surface area contributed by atoms with Crippen LogP contribution >= 0.6 is 0 Å². The average molecular weight is 173 g/mol. The summed E-state index contributed by atoms with van der Waals surface area (Å²) in [5, 5.41) is 0. The Morgan fingerprint density at radius 2 is 1.91 bits per heavy atom. The molecule has 0 bridgehead atoms. The first-order valence-electron chi connectivity index (χ1n) is 3.08. The number of hydrogen-bond donors (Lipinski definition) is 0. The van der Waals surface area contributed by atoms with Gasteiger partial charge < -0.3 is 4.55 Å². The van der Waals surface area contributed by atoms with Gasteiger partial charge in [0.2, 0.25) is 0 Å². The molecule has 0 spiro atoms. The van der Waals surface area contributed by atoms with Gasteiger partial charge in [-0.25, -0.2) is 12.7 Å². The van der Waals surface area contributed by atoms with Gasteiger partial charge in [0.1, 0.15) is 0 Å². The van der Waals surface area contributed by atoms with Crippen molar-refractivity contribution in [2.75, 3.05) is 7.05 Å². The van der Waals surface area contributed by atoms with Crippen LogP contribution in [-0.2, 0) is 10.3 Å². The number of nitrogens with zero attached hydrogens (tertiary/aromatic N) is 1. The van der Waals surface area contributed by atoms with E-state index in [4.69, 9.17) is 0 Å². The molecule has 4 nitrogen and oxygen atoms in total. The molecule has 6 heteroatoms. The third-order valence-electron chi connectivity index (χ3n) is 1.56. The fourth-order valence-corrected chi connectivity index (χ4v) is 1.07. The molecule has 0 aliphatic heterocycles. The predicted octanol–water partition coefficient (Wildman–Crippen LogP) is -2.82. The minimum Gasteiger partial charge on any atom is -0.735 e. The van der Waals surface area contributed by atoms with Crippen molar-refractivity contribution in [3.05, 3.63) is 0 Å². The summed E-state index contributed by atoms with van der Waals surface area (Å²) in [4.78, 5) is 0. The largest absolute Gasteiger partial charge is 1.00 e. The Labute approximate surface area is 80.0 Å². The topological polar surface area (TPSA) is 60.4 Å². The SMILES string of the molecule is CCC(C)N(C)S(=O)(=O)[O-].[Li+]. The summed E-state index contributed by atoms with van der Waals surface area (Å²) in [6.07, 6.45) is 0.651. The Bertz CT molecular complexity index is 192. The van der Waals surface area contributed by atoms with Crippen molar-refractivity contribution in [2.45, 2.75) is 26.3 Å². The fraction of sp³-hybridized carbons (Fsp3) is 1.00. The molecule has 0 rings (SSSR count). The van der Waals surface area contributed by atoms with Crippen molar-refractivity contribution in [1.82, 2.24) is 4.31 Å². The molecule has 0 radical (unpaired) electrons. The van der Waals surface area contributed by atoms with Crippen LogP contribution in [0.5, 0.6) is 0 Å². The summed E-state index contributed by atoms with van der Waals surface area (Å²) in [5.41, 5.74) is 0. The van der Waals surface area contributed by atoms with Crippen LogP contribution in [0.3, 0.4) is 0 Å². The van der Waals surface area contributed by atoms with Gasteiger partial charge in [0.25, 0.3) is 0 Å². The van der Waals surface area contributed by atoms with Gasteiger partial charge >= 0.3 is 18.9 Å². The minimum absolute atomic E-state index is 0. The maximum absolute atomic E-state index is 10.3. The van der Waals surface area contributed by atoms with E-state index in [2.05, 4.69) is 0 Å². The molecule has 0 aliphatic carbocycles. The number of rotatable bonds is 3. The molecule has 0 N–H and O–H groups in total. The molecule has 0 amide bonds. The van der Waals surface area contributed by atoms with Gasteiger partial charge in [-0.3, -0.25) is 0 Å². The fourth-order valence-electron chi connectivity index (χ4n) is 0.477. The van der Waals surface area contributed by atoms with Crippen LogP contribution in [0.25, 0.3) is 0 Å². The molecule has 62 valence electrons. The zero-order chi connectivity index (χ0) is 8.36. The van der Waals surface area contributed by atoms with Crippen LogP contribution in [-0.4, -0.2) is 30.4 Å². The van der Waals surface area contributed by atoms with E-state index in [1.54, 1.807) is 6.92 Å². The minimum atomic E-state index is -4.23. The second kappa shape index (κ2) is 5.17. The van der Waals surface area contributed by atoms with Gasteiger partial charge in [-0.15, -0.1) is 0 Å². The first kappa shape index (κ1) is 14.0. The van der Waals surface area contributed by atoms with Crippen LogP contribution < -0.4 is 18.9 Å². The summed E-state index contributed by atoms with van der Waals surface area (Å²) < 4.78 is 31.7. The number of hydrogen-bond acceptors (Lipinski definition) is 3. The molecular weight excluding hydrogens is 161 g/mol.